The minimum absolute atomic E-state index is 1.01. The first kappa shape index (κ1) is 13.5. The maximum absolute atomic E-state index is 4.84. The third-order valence-electron chi connectivity index (χ3n) is 3.92. The molecule has 2 aromatic carbocycles. The van der Waals surface area contributed by atoms with Crippen molar-refractivity contribution in [1.29, 1.82) is 0 Å². The average Bonchev–Trinajstić information content (AvgIpc) is 2.59. The normalized spacial score (nSPS) is 14.4. The number of nitrogens with zero attached hydrogens (tertiary/aromatic N) is 2. The van der Waals surface area contributed by atoms with Gasteiger partial charge >= 0.3 is 0 Å². The largest absolute Gasteiger partial charge is 0.255 e. The molecule has 0 saturated heterocycles. The van der Waals surface area contributed by atoms with Crippen molar-refractivity contribution in [2.75, 3.05) is 5.75 Å². The molecule has 0 fully saturated rings. The minimum Gasteiger partial charge on any atom is -0.255 e. The number of fused-ring (bicyclic) bond motifs is 2. The molecule has 0 bridgehead atoms. The molecule has 108 valence electrons. The Labute approximate surface area is 134 Å². The molecule has 1 aromatic heterocycles. The molecule has 4 rings (SSSR count). The number of benzene rings is 2. The van der Waals surface area contributed by atoms with Crippen molar-refractivity contribution in [3.8, 4) is 0 Å². The Balaban J connectivity index is 1.89. The van der Waals surface area contributed by atoms with Crippen molar-refractivity contribution in [3.05, 3.63) is 71.4 Å². The second-order valence-electron chi connectivity index (χ2n) is 5.37. The highest BCUT2D eigenvalue weighted by Gasteiger charge is 2.17. The zero-order chi connectivity index (χ0) is 14.8. The summed E-state index contributed by atoms with van der Waals surface area (Å²) in [5.74, 6) is 2.16. The number of thioether (sulfide) groups is 1. The summed E-state index contributed by atoms with van der Waals surface area (Å²) in [4.78, 5) is 9.68. The van der Waals surface area contributed by atoms with Crippen molar-refractivity contribution in [1.82, 2.24) is 4.98 Å². The van der Waals surface area contributed by atoms with E-state index in [2.05, 4.69) is 30.3 Å². The van der Waals surface area contributed by atoms with Crippen molar-refractivity contribution >= 4 is 34.6 Å². The fraction of sp³-hybridized carbons (Fsp3) is 0.158. The van der Waals surface area contributed by atoms with Crippen LogP contribution in [0.15, 0.2) is 59.6 Å². The van der Waals surface area contributed by atoms with Gasteiger partial charge in [-0.3, -0.25) is 9.98 Å². The summed E-state index contributed by atoms with van der Waals surface area (Å²) in [6, 6.07) is 18.6. The summed E-state index contributed by atoms with van der Waals surface area (Å²) in [6.07, 6.45) is 3.00. The summed E-state index contributed by atoms with van der Waals surface area (Å²) >= 11 is 1.97. The molecule has 0 N–H and O–H groups in total. The molecule has 0 aliphatic carbocycles. The van der Waals surface area contributed by atoms with E-state index >= 15 is 0 Å². The Morgan fingerprint density at radius 3 is 2.73 bits per heavy atom. The molecule has 0 saturated carbocycles. The van der Waals surface area contributed by atoms with Crippen molar-refractivity contribution < 1.29 is 0 Å². The van der Waals surface area contributed by atoms with E-state index < -0.39 is 0 Å². The Bertz CT molecular complexity index is 841. The number of pyridine rings is 1. The zero-order valence-corrected chi connectivity index (χ0v) is 13.0. The summed E-state index contributed by atoms with van der Waals surface area (Å²) in [5, 5.41) is 1.15. The third-order valence-corrected chi connectivity index (χ3v) is 4.91. The van der Waals surface area contributed by atoms with Crippen LogP contribution in [0.4, 0.5) is 5.69 Å². The smallest absolute Gasteiger partial charge is 0.0782 e. The van der Waals surface area contributed by atoms with Gasteiger partial charge < -0.3 is 0 Å². The van der Waals surface area contributed by atoms with Crippen LogP contribution in [0.3, 0.4) is 0 Å². The highest BCUT2D eigenvalue weighted by Crippen LogP contribution is 2.36. The molecule has 3 aromatic rings. The fourth-order valence-electron chi connectivity index (χ4n) is 2.81. The lowest BCUT2D eigenvalue weighted by Gasteiger charge is -2.18. The number of aromatic nitrogens is 1. The average molecular weight is 304 g/mol. The second-order valence-corrected chi connectivity index (χ2v) is 6.48. The van der Waals surface area contributed by atoms with Gasteiger partial charge in [-0.1, -0.05) is 48.5 Å². The van der Waals surface area contributed by atoms with Crippen LogP contribution in [0.1, 0.15) is 16.8 Å². The van der Waals surface area contributed by atoms with E-state index in [-0.39, 0.29) is 0 Å². The van der Waals surface area contributed by atoms with Gasteiger partial charge in [-0.05, 0) is 23.8 Å². The number of hydrogen-bond donors (Lipinski definition) is 0. The van der Waals surface area contributed by atoms with Crippen LogP contribution in [-0.2, 0) is 12.2 Å². The van der Waals surface area contributed by atoms with Gasteiger partial charge in [0.2, 0.25) is 0 Å². The van der Waals surface area contributed by atoms with Gasteiger partial charge in [-0.2, -0.15) is 11.8 Å². The molecule has 1 aliphatic rings. The quantitative estimate of drug-likeness (QED) is 0.637. The standard InChI is InChI=1S/C19H16N2S/c1-2-6-14(7-3-1)12-20-19-15-8-4-5-9-17(15)21-18-10-11-22-13-16(18)19/h1-9,12H,10-11,13H2. The van der Waals surface area contributed by atoms with E-state index in [1.54, 1.807) is 0 Å². The maximum atomic E-state index is 4.84. The van der Waals surface area contributed by atoms with Crippen molar-refractivity contribution in [2.24, 2.45) is 4.99 Å². The number of rotatable bonds is 2. The molecule has 3 heteroatoms. The third kappa shape index (κ3) is 2.53. The molecule has 2 nitrogen and oxygen atoms in total. The van der Waals surface area contributed by atoms with Crippen LogP contribution in [0.25, 0.3) is 10.9 Å². The lowest BCUT2D eigenvalue weighted by Crippen LogP contribution is -2.06. The van der Waals surface area contributed by atoms with Crippen LogP contribution < -0.4 is 0 Å². The topological polar surface area (TPSA) is 25.2 Å². The molecular weight excluding hydrogens is 288 g/mol. The van der Waals surface area contributed by atoms with Gasteiger partial charge in [-0.15, -0.1) is 0 Å². The van der Waals surface area contributed by atoms with E-state index in [0.29, 0.717) is 0 Å². The maximum Gasteiger partial charge on any atom is 0.0782 e. The van der Waals surface area contributed by atoms with Gasteiger partial charge in [0.25, 0.3) is 0 Å². The molecule has 0 atom stereocenters. The first-order chi connectivity index (χ1) is 10.9. The van der Waals surface area contributed by atoms with E-state index in [4.69, 9.17) is 9.98 Å². The van der Waals surface area contributed by atoms with Crippen LogP contribution >= 0.6 is 11.8 Å². The molecule has 1 aliphatic heterocycles. The monoisotopic (exact) mass is 304 g/mol. The zero-order valence-electron chi connectivity index (χ0n) is 12.2. The summed E-state index contributed by atoms with van der Waals surface area (Å²) < 4.78 is 0. The van der Waals surface area contributed by atoms with Crippen LogP contribution in [0.5, 0.6) is 0 Å². The Morgan fingerprint density at radius 2 is 1.82 bits per heavy atom. The molecule has 22 heavy (non-hydrogen) atoms. The number of para-hydroxylation sites is 1. The number of aryl methyl sites for hydroxylation is 1. The van der Waals surface area contributed by atoms with Gasteiger partial charge in [0, 0.05) is 28.6 Å². The van der Waals surface area contributed by atoms with Gasteiger partial charge in [0.05, 0.1) is 11.2 Å². The highest BCUT2D eigenvalue weighted by atomic mass is 32.2. The highest BCUT2D eigenvalue weighted by molar-refractivity contribution is 7.98. The predicted molar refractivity (Wildman–Crippen MR) is 95.3 cm³/mol. The molecular formula is C19H16N2S. The van der Waals surface area contributed by atoms with E-state index in [0.717, 1.165) is 40.1 Å². The summed E-state index contributed by atoms with van der Waals surface area (Å²) in [7, 11) is 0. The molecule has 0 unspecified atom stereocenters. The first-order valence-corrected chi connectivity index (χ1v) is 8.64. The summed E-state index contributed by atoms with van der Waals surface area (Å²) in [5.41, 5.74) is 5.80. The summed E-state index contributed by atoms with van der Waals surface area (Å²) in [6.45, 7) is 0. The second kappa shape index (κ2) is 5.93. The molecule has 0 spiro atoms. The molecule has 2 heterocycles. The SMILES string of the molecule is C(=Nc1c2c(nc3ccccc13)CCSC2)c1ccccc1. The minimum atomic E-state index is 1.01. The van der Waals surface area contributed by atoms with Crippen LogP contribution in [0, 0.1) is 0 Å². The Kier molecular flexibility index (Phi) is 3.65. The lowest BCUT2D eigenvalue weighted by atomic mass is 10.1. The fourth-order valence-corrected chi connectivity index (χ4v) is 3.80. The molecule has 0 amide bonds. The number of aliphatic imine (C=N–C) groups is 1. The van der Waals surface area contributed by atoms with Gasteiger partial charge in [-0.25, -0.2) is 0 Å². The van der Waals surface area contributed by atoms with Crippen LogP contribution in [0.2, 0.25) is 0 Å². The van der Waals surface area contributed by atoms with Gasteiger partial charge in [0.15, 0.2) is 0 Å². The Morgan fingerprint density at radius 1 is 1.00 bits per heavy atom. The van der Waals surface area contributed by atoms with E-state index in [1.807, 2.05) is 42.2 Å². The number of hydrogen-bond acceptors (Lipinski definition) is 3. The van der Waals surface area contributed by atoms with Gasteiger partial charge in [0.1, 0.15) is 0 Å². The first-order valence-electron chi connectivity index (χ1n) is 7.49. The molecule has 0 radical (unpaired) electrons. The van der Waals surface area contributed by atoms with E-state index in [1.165, 1.54) is 11.3 Å². The van der Waals surface area contributed by atoms with Crippen LogP contribution in [-0.4, -0.2) is 17.0 Å². The predicted octanol–water partition coefficient (Wildman–Crippen LogP) is 4.77. The lowest BCUT2D eigenvalue weighted by molar-refractivity contribution is 1.01. The van der Waals surface area contributed by atoms with E-state index in [9.17, 15) is 0 Å². The van der Waals surface area contributed by atoms with Crippen molar-refractivity contribution in [2.45, 2.75) is 12.2 Å². The Hall–Kier alpha value is -2.13. The van der Waals surface area contributed by atoms with Crippen molar-refractivity contribution in [3.63, 3.8) is 0 Å².